The van der Waals surface area contributed by atoms with Gasteiger partial charge >= 0.3 is 0 Å². The Kier molecular flexibility index (Phi) is 5.75. The minimum Gasteiger partial charge on any atom is -0.489 e. The van der Waals surface area contributed by atoms with Gasteiger partial charge in [-0.05, 0) is 53.0 Å². The zero-order valence-electron chi connectivity index (χ0n) is 16.5. The molecule has 0 bridgehead atoms. The third-order valence-electron chi connectivity index (χ3n) is 5.19. The Morgan fingerprint density at radius 1 is 0.767 bits per heavy atom. The monoisotopic (exact) mass is 406 g/mol. The molecule has 0 saturated heterocycles. The maximum atomic E-state index is 14.9. The fraction of sp³-hybridized carbons (Fsp3) is 0.154. The molecule has 0 N–H and O–H groups in total. The first-order chi connectivity index (χ1) is 14.5. The maximum Gasteiger partial charge on any atom is 0.161 e. The van der Waals surface area contributed by atoms with Gasteiger partial charge in [-0.15, -0.1) is 0 Å². The smallest absolute Gasteiger partial charge is 0.161 e. The van der Waals surface area contributed by atoms with Crippen LogP contribution in [0.4, 0.5) is 13.2 Å². The molecule has 4 heteroatoms. The first-order valence-electron chi connectivity index (χ1n) is 9.76. The molecule has 3 aromatic rings. The van der Waals surface area contributed by atoms with Crippen molar-refractivity contribution in [3.63, 3.8) is 0 Å². The average molecular weight is 406 g/mol. The average Bonchev–Trinajstić information content (AvgIpc) is 2.76. The lowest BCUT2D eigenvalue weighted by Gasteiger charge is -2.23. The lowest BCUT2D eigenvalue weighted by Crippen LogP contribution is -2.23. The van der Waals surface area contributed by atoms with Crippen LogP contribution in [0.15, 0.2) is 84.9 Å². The predicted molar refractivity (Wildman–Crippen MR) is 114 cm³/mol. The van der Waals surface area contributed by atoms with Crippen LogP contribution in [0, 0.1) is 12.7 Å². The first kappa shape index (κ1) is 20.0. The second kappa shape index (κ2) is 8.62. The standard InChI is InChI=1S/C26H21F3O/c1-17-7-8-20(24(27)15-17)16-30-21-11-9-19(10-12-21)23-14-13-22(25(28)26(23)29)18-5-3-2-4-6-18/h2-15,25-26H,16H2,1H3. The Bertz CT molecular complexity index is 1090. The molecule has 0 amide bonds. The third kappa shape index (κ3) is 4.18. The molecule has 0 aromatic heterocycles. The van der Waals surface area contributed by atoms with Crippen molar-refractivity contribution in [1.29, 1.82) is 0 Å². The summed E-state index contributed by atoms with van der Waals surface area (Å²) in [5.41, 5.74) is 3.20. The van der Waals surface area contributed by atoms with E-state index < -0.39 is 12.3 Å². The molecule has 1 aliphatic rings. The summed E-state index contributed by atoms with van der Waals surface area (Å²) in [6.07, 6.45) is -0.220. The molecule has 2 atom stereocenters. The molecular formula is C26H21F3O. The Morgan fingerprint density at radius 3 is 1.97 bits per heavy atom. The van der Waals surface area contributed by atoms with Crippen LogP contribution in [0.25, 0.3) is 11.1 Å². The number of hydrogen-bond acceptors (Lipinski definition) is 1. The molecule has 152 valence electrons. The molecule has 3 aromatic carbocycles. The van der Waals surface area contributed by atoms with E-state index in [-0.39, 0.29) is 12.4 Å². The molecule has 0 saturated carbocycles. The molecule has 4 rings (SSSR count). The molecular weight excluding hydrogens is 385 g/mol. The number of ether oxygens (including phenoxy) is 1. The second-order valence-electron chi connectivity index (χ2n) is 7.32. The van der Waals surface area contributed by atoms with Gasteiger partial charge in [0, 0.05) is 5.56 Å². The number of allylic oxidation sites excluding steroid dienone is 4. The number of rotatable bonds is 5. The molecule has 1 aliphatic carbocycles. The van der Waals surface area contributed by atoms with E-state index in [1.54, 1.807) is 66.7 Å². The van der Waals surface area contributed by atoms with Gasteiger partial charge in [-0.25, -0.2) is 13.2 Å². The van der Waals surface area contributed by atoms with Crippen molar-refractivity contribution in [2.45, 2.75) is 25.9 Å². The number of benzene rings is 3. The fourth-order valence-corrected chi connectivity index (χ4v) is 3.49. The zero-order chi connectivity index (χ0) is 21.1. The summed E-state index contributed by atoms with van der Waals surface area (Å²) in [5, 5.41) is 0. The van der Waals surface area contributed by atoms with Gasteiger partial charge in [0.05, 0.1) is 0 Å². The number of aryl methyl sites for hydroxylation is 1. The van der Waals surface area contributed by atoms with Gasteiger partial charge in [-0.1, -0.05) is 66.7 Å². The van der Waals surface area contributed by atoms with Gasteiger partial charge < -0.3 is 4.74 Å². The number of halogens is 3. The Balaban J connectivity index is 1.49. The van der Waals surface area contributed by atoms with Crippen LogP contribution in [0.1, 0.15) is 22.3 Å². The van der Waals surface area contributed by atoms with Crippen molar-refractivity contribution in [2.75, 3.05) is 0 Å². The molecule has 0 aliphatic heterocycles. The molecule has 30 heavy (non-hydrogen) atoms. The quantitative estimate of drug-likeness (QED) is 0.449. The van der Waals surface area contributed by atoms with Crippen LogP contribution in [0.2, 0.25) is 0 Å². The highest BCUT2D eigenvalue weighted by Gasteiger charge is 2.31. The third-order valence-corrected chi connectivity index (χ3v) is 5.19. The van der Waals surface area contributed by atoms with E-state index in [1.807, 2.05) is 19.1 Å². The molecule has 0 spiro atoms. The van der Waals surface area contributed by atoms with Crippen LogP contribution in [0.3, 0.4) is 0 Å². The Hall–Kier alpha value is -3.27. The van der Waals surface area contributed by atoms with E-state index in [9.17, 15) is 13.2 Å². The highest BCUT2D eigenvalue weighted by molar-refractivity contribution is 5.83. The fourth-order valence-electron chi connectivity index (χ4n) is 3.49. The van der Waals surface area contributed by atoms with Gasteiger partial charge in [0.25, 0.3) is 0 Å². The maximum absolute atomic E-state index is 14.9. The van der Waals surface area contributed by atoms with Crippen molar-refractivity contribution in [1.82, 2.24) is 0 Å². The van der Waals surface area contributed by atoms with Crippen LogP contribution in [-0.4, -0.2) is 12.3 Å². The van der Waals surface area contributed by atoms with Crippen molar-refractivity contribution < 1.29 is 17.9 Å². The largest absolute Gasteiger partial charge is 0.489 e. The summed E-state index contributed by atoms with van der Waals surface area (Å²) in [7, 11) is 0. The van der Waals surface area contributed by atoms with E-state index in [4.69, 9.17) is 4.74 Å². The Labute approximate surface area is 174 Å². The zero-order valence-corrected chi connectivity index (χ0v) is 16.5. The van der Waals surface area contributed by atoms with E-state index >= 15 is 0 Å². The highest BCUT2D eigenvalue weighted by Crippen LogP contribution is 2.36. The SMILES string of the molecule is Cc1ccc(COc2ccc(C3=CC=C(c4ccccc4)C(F)C3F)cc2)c(F)c1. The summed E-state index contributed by atoms with van der Waals surface area (Å²) in [4.78, 5) is 0. The van der Waals surface area contributed by atoms with E-state index in [1.165, 1.54) is 6.07 Å². The summed E-state index contributed by atoms with van der Waals surface area (Å²) >= 11 is 0. The molecule has 0 heterocycles. The van der Waals surface area contributed by atoms with Crippen molar-refractivity contribution in [3.8, 4) is 5.75 Å². The summed E-state index contributed by atoms with van der Waals surface area (Å²) < 4.78 is 49.2. The normalized spacial score (nSPS) is 18.5. The molecule has 0 fully saturated rings. The predicted octanol–water partition coefficient (Wildman–Crippen LogP) is 6.87. The minimum atomic E-state index is -1.75. The van der Waals surface area contributed by atoms with Crippen LogP contribution in [-0.2, 0) is 6.61 Å². The van der Waals surface area contributed by atoms with Crippen LogP contribution >= 0.6 is 0 Å². The number of alkyl halides is 2. The van der Waals surface area contributed by atoms with Gasteiger partial charge in [0.15, 0.2) is 12.3 Å². The Morgan fingerprint density at radius 2 is 1.37 bits per heavy atom. The minimum absolute atomic E-state index is 0.0929. The topological polar surface area (TPSA) is 9.23 Å². The summed E-state index contributed by atoms with van der Waals surface area (Å²) in [6.45, 7) is 1.92. The van der Waals surface area contributed by atoms with Crippen molar-refractivity contribution in [3.05, 3.63) is 113 Å². The van der Waals surface area contributed by atoms with E-state index in [0.717, 1.165) is 5.56 Å². The number of hydrogen-bond donors (Lipinski definition) is 0. The summed E-state index contributed by atoms with van der Waals surface area (Å²) in [6, 6.07) is 20.7. The lowest BCUT2D eigenvalue weighted by molar-refractivity contribution is 0.262. The molecule has 0 radical (unpaired) electrons. The first-order valence-corrected chi connectivity index (χ1v) is 9.76. The van der Waals surface area contributed by atoms with Gasteiger partial charge in [-0.3, -0.25) is 0 Å². The lowest BCUT2D eigenvalue weighted by atomic mass is 9.87. The summed E-state index contributed by atoms with van der Waals surface area (Å²) in [5.74, 6) is 0.220. The van der Waals surface area contributed by atoms with E-state index in [2.05, 4.69) is 0 Å². The van der Waals surface area contributed by atoms with Crippen LogP contribution < -0.4 is 4.74 Å². The van der Waals surface area contributed by atoms with Crippen LogP contribution in [0.5, 0.6) is 5.75 Å². The molecule has 1 nitrogen and oxygen atoms in total. The van der Waals surface area contributed by atoms with Crippen molar-refractivity contribution in [2.24, 2.45) is 0 Å². The van der Waals surface area contributed by atoms with Gasteiger partial charge in [0.1, 0.15) is 18.2 Å². The molecule has 2 unspecified atom stereocenters. The van der Waals surface area contributed by atoms with Gasteiger partial charge in [0.2, 0.25) is 0 Å². The van der Waals surface area contributed by atoms with E-state index in [0.29, 0.717) is 33.6 Å². The van der Waals surface area contributed by atoms with Crippen molar-refractivity contribution >= 4 is 11.1 Å². The second-order valence-corrected chi connectivity index (χ2v) is 7.32. The highest BCUT2D eigenvalue weighted by atomic mass is 19.2. The van der Waals surface area contributed by atoms with Gasteiger partial charge in [-0.2, -0.15) is 0 Å².